The zero-order valence-electron chi connectivity index (χ0n) is 21.3. The minimum Gasteiger partial charge on any atom is -0.309 e. The lowest BCUT2D eigenvalue weighted by Gasteiger charge is -2.11. The maximum atomic E-state index is 4.21. The van der Waals surface area contributed by atoms with Gasteiger partial charge in [-0.2, -0.15) is 0 Å². The fourth-order valence-corrected chi connectivity index (χ4v) is 5.95. The Labute approximate surface area is 226 Å². The molecule has 2 nitrogen and oxygen atoms in total. The molecule has 0 unspecified atom stereocenters. The molecule has 2 heteroatoms. The summed E-state index contributed by atoms with van der Waals surface area (Å²) in [5.41, 5.74) is 8.43. The van der Waals surface area contributed by atoms with Crippen LogP contribution in [-0.4, -0.2) is 9.55 Å². The van der Waals surface area contributed by atoms with Gasteiger partial charge >= 0.3 is 0 Å². The van der Waals surface area contributed by atoms with Gasteiger partial charge in [-0.25, -0.2) is 0 Å². The number of hydrogen-bond donors (Lipinski definition) is 0. The van der Waals surface area contributed by atoms with Gasteiger partial charge < -0.3 is 4.57 Å². The smallest absolute Gasteiger partial charge is 0.0619 e. The number of hydrogen-bond acceptors (Lipinski definition) is 1. The van der Waals surface area contributed by atoms with E-state index >= 15 is 0 Å². The zero-order valence-corrected chi connectivity index (χ0v) is 21.3. The highest BCUT2D eigenvalue weighted by Gasteiger charge is 2.16. The fourth-order valence-electron chi connectivity index (χ4n) is 5.95. The Morgan fingerprint density at radius 3 is 1.85 bits per heavy atom. The molecule has 0 radical (unpaired) electrons. The lowest BCUT2D eigenvalue weighted by Crippen LogP contribution is -1.94. The van der Waals surface area contributed by atoms with Crippen molar-refractivity contribution in [3.8, 4) is 27.9 Å². The molecule has 0 spiro atoms. The summed E-state index contributed by atoms with van der Waals surface area (Å²) in [5, 5.41) is 7.54. The third-order valence-corrected chi connectivity index (χ3v) is 7.85. The van der Waals surface area contributed by atoms with Gasteiger partial charge in [0.15, 0.2) is 0 Å². The van der Waals surface area contributed by atoms with Gasteiger partial charge in [-0.3, -0.25) is 4.98 Å². The van der Waals surface area contributed by atoms with Gasteiger partial charge in [0, 0.05) is 34.2 Å². The van der Waals surface area contributed by atoms with Crippen LogP contribution in [0.3, 0.4) is 0 Å². The van der Waals surface area contributed by atoms with E-state index in [1.165, 1.54) is 65.6 Å². The first kappa shape index (κ1) is 21.8. The molecule has 0 saturated carbocycles. The van der Waals surface area contributed by atoms with Crippen molar-refractivity contribution in [3.63, 3.8) is 0 Å². The minimum absolute atomic E-state index is 1.16. The molecule has 2 aromatic heterocycles. The lowest BCUT2D eigenvalue weighted by atomic mass is 9.97. The van der Waals surface area contributed by atoms with E-state index < -0.39 is 0 Å². The van der Waals surface area contributed by atoms with E-state index in [2.05, 4.69) is 143 Å². The normalized spacial score (nSPS) is 11.6. The first-order chi connectivity index (χ1) is 19.3. The summed E-state index contributed by atoms with van der Waals surface area (Å²) in [4.78, 5) is 4.21. The summed E-state index contributed by atoms with van der Waals surface area (Å²) < 4.78 is 2.42. The Hall–Kier alpha value is -5.21. The van der Waals surface area contributed by atoms with Gasteiger partial charge in [0.25, 0.3) is 0 Å². The van der Waals surface area contributed by atoms with Crippen molar-refractivity contribution in [2.75, 3.05) is 0 Å². The number of rotatable bonds is 3. The van der Waals surface area contributed by atoms with Crippen molar-refractivity contribution in [2.24, 2.45) is 0 Å². The van der Waals surface area contributed by atoms with Gasteiger partial charge in [0.1, 0.15) is 0 Å². The largest absolute Gasteiger partial charge is 0.309 e. The molecule has 8 aromatic rings. The standard InChI is InChI=1S/C37H24N2/c1-2-8-32(9-3-1)39-36-24-30(26-18-20-38-21-19-26)13-16-34(36)35-17-14-31-23-29(12-15-33(31)37(35)39)28-11-10-25-6-4-5-7-27(25)22-28/h1-24H. The van der Waals surface area contributed by atoms with Crippen LogP contribution >= 0.6 is 0 Å². The molecule has 0 N–H and O–H groups in total. The number of fused-ring (bicyclic) bond motifs is 6. The number of para-hydroxylation sites is 1. The maximum absolute atomic E-state index is 4.21. The molecule has 0 atom stereocenters. The Kier molecular flexibility index (Phi) is 4.86. The molecule has 182 valence electrons. The predicted molar refractivity (Wildman–Crippen MR) is 164 cm³/mol. The Morgan fingerprint density at radius 2 is 1.03 bits per heavy atom. The third-order valence-electron chi connectivity index (χ3n) is 7.85. The van der Waals surface area contributed by atoms with E-state index in [1.807, 2.05) is 12.4 Å². The highest BCUT2D eigenvalue weighted by Crippen LogP contribution is 2.39. The average molecular weight is 497 g/mol. The highest BCUT2D eigenvalue weighted by molar-refractivity contribution is 6.19. The van der Waals surface area contributed by atoms with Gasteiger partial charge in [0.2, 0.25) is 0 Å². The van der Waals surface area contributed by atoms with Crippen molar-refractivity contribution >= 4 is 43.4 Å². The van der Waals surface area contributed by atoms with Crippen molar-refractivity contribution in [3.05, 3.63) is 146 Å². The molecule has 0 saturated heterocycles. The molecule has 0 aliphatic carbocycles. The van der Waals surface area contributed by atoms with Crippen LogP contribution in [0.1, 0.15) is 0 Å². The molecule has 0 fully saturated rings. The number of pyridine rings is 1. The van der Waals surface area contributed by atoms with Crippen LogP contribution in [0.2, 0.25) is 0 Å². The van der Waals surface area contributed by atoms with Crippen LogP contribution in [0.4, 0.5) is 0 Å². The average Bonchev–Trinajstić information content (AvgIpc) is 3.35. The summed E-state index contributed by atoms with van der Waals surface area (Å²) in [7, 11) is 0. The van der Waals surface area contributed by atoms with Crippen LogP contribution in [0.15, 0.2) is 146 Å². The van der Waals surface area contributed by atoms with Gasteiger partial charge in [-0.05, 0) is 80.9 Å². The van der Waals surface area contributed by atoms with Crippen LogP contribution in [0, 0.1) is 0 Å². The maximum Gasteiger partial charge on any atom is 0.0619 e. The second-order valence-electron chi connectivity index (χ2n) is 10.1. The number of nitrogens with zero attached hydrogens (tertiary/aromatic N) is 2. The van der Waals surface area contributed by atoms with Gasteiger partial charge in [0.05, 0.1) is 11.0 Å². The quantitative estimate of drug-likeness (QED) is 0.238. The lowest BCUT2D eigenvalue weighted by molar-refractivity contribution is 1.19. The van der Waals surface area contributed by atoms with E-state index in [0.717, 1.165) is 5.69 Å². The van der Waals surface area contributed by atoms with Crippen LogP contribution in [0.25, 0.3) is 71.3 Å². The minimum atomic E-state index is 1.16. The summed E-state index contributed by atoms with van der Waals surface area (Å²) in [6.07, 6.45) is 3.71. The molecule has 39 heavy (non-hydrogen) atoms. The van der Waals surface area contributed by atoms with E-state index in [1.54, 1.807) is 0 Å². The highest BCUT2D eigenvalue weighted by atomic mass is 15.0. The summed E-state index contributed by atoms with van der Waals surface area (Å²) >= 11 is 0. The molecule has 0 aliphatic heterocycles. The number of benzene rings is 6. The summed E-state index contributed by atoms with van der Waals surface area (Å²) in [6, 6.07) is 48.4. The summed E-state index contributed by atoms with van der Waals surface area (Å²) in [6.45, 7) is 0. The molecule has 6 aromatic carbocycles. The van der Waals surface area contributed by atoms with Crippen LogP contribution < -0.4 is 0 Å². The molecule has 0 amide bonds. The Bertz CT molecular complexity index is 2160. The second kappa shape index (κ2) is 8.68. The van der Waals surface area contributed by atoms with Gasteiger partial charge in [-0.15, -0.1) is 0 Å². The molecule has 8 rings (SSSR count). The monoisotopic (exact) mass is 496 g/mol. The molecular weight excluding hydrogens is 472 g/mol. The van der Waals surface area contributed by atoms with E-state index in [9.17, 15) is 0 Å². The van der Waals surface area contributed by atoms with E-state index in [4.69, 9.17) is 0 Å². The molecule has 0 aliphatic rings. The second-order valence-corrected chi connectivity index (χ2v) is 10.1. The fraction of sp³-hybridized carbons (Fsp3) is 0. The molecule has 2 heterocycles. The predicted octanol–water partition coefficient (Wildman–Crippen LogP) is 9.82. The van der Waals surface area contributed by atoms with E-state index in [-0.39, 0.29) is 0 Å². The Morgan fingerprint density at radius 1 is 0.410 bits per heavy atom. The van der Waals surface area contributed by atoms with Crippen molar-refractivity contribution in [2.45, 2.75) is 0 Å². The number of aromatic nitrogens is 2. The topological polar surface area (TPSA) is 17.8 Å². The molecule has 0 bridgehead atoms. The Balaban J connectivity index is 1.40. The van der Waals surface area contributed by atoms with Crippen LogP contribution in [-0.2, 0) is 0 Å². The van der Waals surface area contributed by atoms with Crippen molar-refractivity contribution < 1.29 is 0 Å². The van der Waals surface area contributed by atoms with E-state index in [0.29, 0.717) is 0 Å². The van der Waals surface area contributed by atoms with Crippen LogP contribution in [0.5, 0.6) is 0 Å². The SMILES string of the molecule is c1ccc(-n2c3cc(-c4ccncc4)ccc3c3ccc4cc(-c5ccc6ccccc6c5)ccc4c32)cc1. The first-order valence-electron chi connectivity index (χ1n) is 13.3. The molecular formula is C37H24N2. The van der Waals surface area contributed by atoms with Crippen molar-refractivity contribution in [1.82, 2.24) is 9.55 Å². The first-order valence-corrected chi connectivity index (χ1v) is 13.3. The zero-order chi connectivity index (χ0) is 25.8. The third kappa shape index (κ3) is 3.53. The summed E-state index contributed by atoms with van der Waals surface area (Å²) in [5.74, 6) is 0. The van der Waals surface area contributed by atoms with Gasteiger partial charge in [-0.1, -0.05) is 91.0 Å². The van der Waals surface area contributed by atoms with Crippen molar-refractivity contribution in [1.29, 1.82) is 0 Å².